The molecule has 7 rings (SSSR count). The number of aromatic nitrogens is 1. The number of fused-ring (bicyclic) bond motifs is 4. The van der Waals surface area contributed by atoms with E-state index in [2.05, 4.69) is 158 Å². The summed E-state index contributed by atoms with van der Waals surface area (Å²) in [5.41, 5.74) is 9.31. The van der Waals surface area contributed by atoms with E-state index in [0.717, 1.165) is 6.42 Å². The molecule has 1 heterocycles. The van der Waals surface area contributed by atoms with Gasteiger partial charge in [-0.05, 0) is 75.0 Å². The minimum Gasteiger partial charge on any atom is -0.344 e. The molecule has 6 aromatic carbocycles. The number of nitrogens with zero attached hydrogens (tertiary/aromatic N) is 1. The van der Waals surface area contributed by atoms with E-state index in [-0.39, 0.29) is 0 Å². The molecule has 0 aliphatic rings. The summed E-state index contributed by atoms with van der Waals surface area (Å²) in [7, 11) is 2.20. The molecule has 0 bridgehead atoms. The topological polar surface area (TPSA) is 4.93 Å². The summed E-state index contributed by atoms with van der Waals surface area (Å²) in [5.74, 6) is 0.686. The molecule has 0 spiro atoms. The molecular weight excluding hydrogens is 482 g/mol. The van der Waals surface area contributed by atoms with Crippen LogP contribution in [0.2, 0.25) is 0 Å². The monoisotopic (exact) mass is 515 g/mol. The van der Waals surface area contributed by atoms with Crippen molar-refractivity contribution in [3.05, 3.63) is 156 Å². The van der Waals surface area contributed by atoms with Gasteiger partial charge in [0.15, 0.2) is 0 Å². The summed E-state index contributed by atoms with van der Waals surface area (Å²) >= 11 is 0. The third kappa shape index (κ3) is 4.28. The molecule has 0 saturated heterocycles. The lowest BCUT2D eigenvalue weighted by Gasteiger charge is -2.26. The van der Waals surface area contributed by atoms with Crippen LogP contribution < -0.4 is 0 Å². The Hall–Kier alpha value is -4.62. The van der Waals surface area contributed by atoms with Crippen molar-refractivity contribution in [2.75, 3.05) is 0 Å². The van der Waals surface area contributed by atoms with Crippen molar-refractivity contribution in [2.45, 2.75) is 25.2 Å². The zero-order valence-electron chi connectivity index (χ0n) is 23.1. The van der Waals surface area contributed by atoms with Crippen LogP contribution in [0.15, 0.2) is 140 Å². The van der Waals surface area contributed by atoms with Gasteiger partial charge in [-0.15, -0.1) is 0 Å². The summed E-state index contributed by atoms with van der Waals surface area (Å²) in [6.07, 6.45) is 0.970. The molecule has 1 aromatic heterocycles. The van der Waals surface area contributed by atoms with Gasteiger partial charge in [-0.2, -0.15) is 0 Å². The molecule has 2 atom stereocenters. The molecule has 0 radical (unpaired) electrons. The highest BCUT2D eigenvalue weighted by molar-refractivity contribution is 6.13. The second kappa shape index (κ2) is 10.2. The van der Waals surface area contributed by atoms with Crippen LogP contribution in [0.25, 0.3) is 43.7 Å². The van der Waals surface area contributed by atoms with Crippen LogP contribution in [0, 0.1) is 0 Å². The fourth-order valence-electron chi connectivity index (χ4n) is 6.57. The Balaban J connectivity index is 1.40. The molecule has 1 nitrogen and oxygen atoms in total. The van der Waals surface area contributed by atoms with Crippen molar-refractivity contribution in [3.63, 3.8) is 0 Å². The minimum absolute atomic E-state index is 0.326. The molecule has 0 fully saturated rings. The van der Waals surface area contributed by atoms with E-state index in [1.54, 1.807) is 0 Å². The Labute approximate surface area is 236 Å². The van der Waals surface area contributed by atoms with Gasteiger partial charge in [0, 0.05) is 28.9 Å². The lowest BCUT2D eigenvalue weighted by atomic mass is 9.78. The van der Waals surface area contributed by atoms with Gasteiger partial charge in [0.05, 0.1) is 0 Å². The van der Waals surface area contributed by atoms with E-state index in [1.165, 1.54) is 60.4 Å². The van der Waals surface area contributed by atoms with Crippen LogP contribution in [0.5, 0.6) is 0 Å². The number of hydrogen-bond donors (Lipinski definition) is 0. The quantitative estimate of drug-likeness (QED) is 0.208. The highest BCUT2D eigenvalue weighted by Gasteiger charge is 2.24. The van der Waals surface area contributed by atoms with Crippen LogP contribution >= 0.6 is 0 Å². The number of rotatable bonds is 6. The Morgan fingerprint density at radius 1 is 0.550 bits per heavy atom. The van der Waals surface area contributed by atoms with E-state index in [1.807, 2.05) is 0 Å². The second-order valence-electron chi connectivity index (χ2n) is 11.1. The van der Waals surface area contributed by atoms with Crippen LogP contribution in [0.4, 0.5) is 0 Å². The summed E-state index contributed by atoms with van der Waals surface area (Å²) in [6, 6.07) is 51.3. The Morgan fingerprint density at radius 2 is 1.18 bits per heavy atom. The summed E-state index contributed by atoms with van der Waals surface area (Å²) in [4.78, 5) is 0. The van der Waals surface area contributed by atoms with Gasteiger partial charge in [0.2, 0.25) is 0 Å². The van der Waals surface area contributed by atoms with Crippen LogP contribution in [0.1, 0.15) is 35.4 Å². The third-order valence-electron chi connectivity index (χ3n) is 8.78. The van der Waals surface area contributed by atoms with Gasteiger partial charge in [-0.25, -0.2) is 0 Å². The molecule has 0 amide bonds. The van der Waals surface area contributed by atoms with Crippen molar-refractivity contribution < 1.29 is 0 Å². The molecule has 1 heteroatoms. The fourth-order valence-corrected chi connectivity index (χ4v) is 6.57. The van der Waals surface area contributed by atoms with Crippen molar-refractivity contribution in [1.82, 2.24) is 4.57 Å². The average molecular weight is 516 g/mol. The van der Waals surface area contributed by atoms with Gasteiger partial charge in [0.1, 0.15) is 0 Å². The number of benzene rings is 6. The van der Waals surface area contributed by atoms with Crippen LogP contribution in [0.3, 0.4) is 0 Å². The van der Waals surface area contributed by atoms with Gasteiger partial charge >= 0.3 is 0 Å². The first kappa shape index (κ1) is 24.4. The Morgan fingerprint density at radius 3 is 1.95 bits per heavy atom. The van der Waals surface area contributed by atoms with Crippen molar-refractivity contribution in [3.8, 4) is 11.1 Å². The minimum atomic E-state index is 0.326. The maximum absolute atomic E-state index is 2.41. The van der Waals surface area contributed by atoms with Crippen molar-refractivity contribution >= 4 is 32.6 Å². The lowest BCUT2D eigenvalue weighted by Crippen LogP contribution is -2.12. The molecule has 0 aliphatic carbocycles. The van der Waals surface area contributed by atoms with E-state index in [4.69, 9.17) is 0 Å². The third-order valence-corrected chi connectivity index (χ3v) is 8.78. The first-order valence-corrected chi connectivity index (χ1v) is 14.3. The average Bonchev–Trinajstić information content (AvgIpc) is 3.30. The molecule has 40 heavy (non-hydrogen) atoms. The maximum Gasteiger partial charge on any atom is 0.0495 e. The molecule has 0 saturated carbocycles. The lowest BCUT2D eigenvalue weighted by molar-refractivity contribution is 0.574. The van der Waals surface area contributed by atoms with Gasteiger partial charge in [-0.1, -0.05) is 128 Å². The summed E-state index contributed by atoms with van der Waals surface area (Å²) in [6.45, 7) is 2.39. The Kier molecular flexibility index (Phi) is 6.21. The zero-order valence-corrected chi connectivity index (χ0v) is 23.1. The van der Waals surface area contributed by atoms with Gasteiger partial charge in [0.25, 0.3) is 0 Å². The van der Waals surface area contributed by atoms with E-state index >= 15 is 0 Å². The molecule has 7 aromatic rings. The highest BCUT2D eigenvalue weighted by Crippen LogP contribution is 2.40. The van der Waals surface area contributed by atoms with Crippen molar-refractivity contribution in [2.24, 2.45) is 7.05 Å². The fraction of sp³-hybridized carbons (Fsp3) is 0.128. The van der Waals surface area contributed by atoms with Gasteiger partial charge < -0.3 is 4.57 Å². The zero-order chi connectivity index (χ0) is 27.1. The number of hydrogen-bond acceptors (Lipinski definition) is 0. The summed E-state index contributed by atoms with van der Waals surface area (Å²) < 4.78 is 2.37. The molecule has 194 valence electrons. The maximum atomic E-state index is 2.41. The van der Waals surface area contributed by atoms with Gasteiger partial charge in [-0.3, -0.25) is 0 Å². The normalized spacial score (nSPS) is 13.2. The van der Waals surface area contributed by atoms with E-state index < -0.39 is 0 Å². The van der Waals surface area contributed by atoms with Crippen molar-refractivity contribution in [1.29, 1.82) is 0 Å². The largest absolute Gasteiger partial charge is 0.344 e. The molecular formula is C39H33N. The standard InChI is InChI=1S/C39H33N/c1-27(28-13-5-3-6-14-28)35(33-20-11-19-30(23-33)29-15-7-4-8-16-29)25-34-21-12-22-37-39(34)36-24-31-17-9-10-18-32(31)26-38(36)40(37)2/h3-24,26-27,35H,25H2,1-2H3. The van der Waals surface area contributed by atoms with Crippen LogP contribution in [-0.2, 0) is 13.5 Å². The molecule has 0 aliphatic heterocycles. The predicted molar refractivity (Wildman–Crippen MR) is 171 cm³/mol. The van der Waals surface area contributed by atoms with E-state index in [9.17, 15) is 0 Å². The Bertz CT molecular complexity index is 1950. The highest BCUT2D eigenvalue weighted by atomic mass is 14.9. The summed E-state index contributed by atoms with van der Waals surface area (Å²) in [5, 5.41) is 5.31. The molecule has 2 unspecified atom stereocenters. The first-order chi connectivity index (χ1) is 19.7. The predicted octanol–water partition coefficient (Wildman–Crippen LogP) is 10.3. The van der Waals surface area contributed by atoms with Crippen LogP contribution in [-0.4, -0.2) is 4.57 Å². The smallest absolute Gasteiger partial charge is 0.0495 e. The number of aryl methyl sites for hydroxylation is 1. The first-order valence-electron chi connectivity index (χ1n) is 14.3. The second-order valence-corrected chi connectivity index (χ2v) is 11.1. The van der Waals surface area contributed by atoms with E-state index in [0.29, 0.717) is 11.8 Å². The SMILES string of the molecule is CC(c1ccccc1)C(Cc1cccc2c1c1cc3ccccc3cc1n2C)c1cccc(-c2ccccc2)c1. The molecule has 0 N–H and O–H groups in total.